The summed E-state index contributed by atoms with van der Waals surface area (Å²) in [5.74, 6) is -0.0118. The van der Waals surface area contributed by atoms with Crippen molar-refractivity contribution in [3.8, 4) is 0 Å². The molecule has 0 fully saturated rings. The first-order valence-corrected chi connectivity index (χ1v) is 5.12. The van der Waals surface area contributed by atoms with Crippen molar-refractivity contribution in [3.63, 3.8) is 0 Å². The predicted octanol–water partition coefficient (Wildman–Crippen LogP) is 0.728. The van der Waals surface area contributed by atoms with Gasteiger partial charge in [0, 0.05) is 25.9 Å². The maximum atomic E-state index is 7.04. The molecule has 0 unspecified atom stereocenters. The van der Waals surface area contributed by atoms with Crippen LogP contribution in [0.4, 0.5) is 5.69 Å². The first-order valence-electron chi connectivity index (χ1n) is 5.12. The second-order valence-corrected chi connectivity index (χ2v) is 3.38. The second-order valence-electron chi connectivity index (χ2n) is 3.38. The number of nitrogens with two attached hydrogens (primary N) is 1. The van der Waals surface area contributed by atoms with Crippen LogP contribution in [0.15, 0.2) is 24.3 Å². The molecular weight excluding hydrogens is 204 g/mol. The van der Waals surface area contributed by atoms with Crippen molar-refractivity contribution in [2.75, 3.05) is 25.6 Å². The number of hydrogen-bond acceptors (Lipinski definition) is 3. The summed E-state index contributed by atoms with van der Waals surface area (Å²) in [5, 5.41) is 13.0. The number of benzene rings is 1. The molecule has 5 N–H and O–H groups in total. The molecule has 5 heteroatoms. The second kappa shape index (κ2) is 6.68. The molecule has 88 valence electrons. The van der Waals surface area contributed by atoms with Crippen molar-refractivity contribution in [2.24, 2.45) is 5.73 Å². The van der Waals surface area contributed by atoms with Gasteiger partial charge in [0.1, 0.15) is 0 Å². The van der Waals surface area contributed by atoms with Crippen molar-refractivity contribution >= 4 is 11.6 Å². The van der Waals surface area contributed by atoms with Crippen LogP contribution in [0.3, 0.4) is 0 Å². The highest BCUT2D eigenvalue weighted by molar-refractivity contribution is 5.74. The quantitative estimate of drug-likeness (QED) is 0.325. The SMILES string of the molecule is COCCNc1ccc(CNC(=N)N)cc1. The molecule has 0 aliphatic carbocycles. The summed E-state index contributed by atoms with van der Waals surface area (Å²) in [4.78, 5) is 0. The smallest absolute Gasteiger partial charge is 0.185 e. The van der Waals surface area contributed by atoms with Gasteiger partial charge < -0.3 is 21.1 Å². The molecule has 0 spiro atoms. The van der Waals surface area contributed by atoms with Crippen LogP contribution in [0, 0.1) is 5.41 Å². The minimum absolute atomic E-state index is 0.0118. The van der Waals surface area contributed by atoms with Crippen molar-refractivity contribution in [3.05, 3.63) is 29.8 Å². The molecule has 0 radical (unpaired) electrons. The number of guanidine groups is 1. The molecule has 1 aromatic rings. The maximum absolute atomic E-state index is 7.04. The van der Waals surface area contributed by atoms with Crippen LogP contribution in [0.25, 0.3) is 0 Å². The fourth-order valence-corrected chi connectivity index (χ4v) is 1.24. The Balaban J connectivity index is 2.38. The summed E-state index contributed by atoms with van der Waals surface area (Å²) < 4.78 is 4.94. The van der Waals surface area contributed by atoms with E-state index in [1.54, 1.807) is 7.11 Å². The Hall–Kier alpha value is -1.75. The van der Waals surface area contributed by atoms with Gasteiger partial charge in [0.05, 0.1) is 6.61 Å². The zero-order chi connectivity index (χ0) is 11.8. The van der Waals surface area contributed by atoms with E-state index >= 15 is 0 Å². The zero-order valence-corrected chi connectivity index (χ0v) is 9.42. The largest absolute Gasteiger partial charge is 0.383 e. The molecule has 0 amide bonds. The lowest BCUT2D eigenvalue weighted by Gasteiger charge is -2.07. The predicted molar refractivity (Wildman–Crippen MR) is 65.6 cm³/mol. The van der Waals surface area contributed by atoms with Gasteiger partial charge in [0.15, 0.2) is 5.96 Å². The van der Waals surface area contributed by atoms with E-state index in [0.717, 1.165) is 17.8 Å². The number of nitrogens with one attached hydrogen (secondary N) is 3. The molecule has 0 aliphatic rings. The Bertz CT molecular complexity index is 323. The normalized spacial score (nSPS) is 9.81. The van der Waals surface area contributed by atoms with Crippen molar-refractivity contribution in [1.29, 1.82) is 5.41 Å². The van der Waals surface area contributed by atoms with Gasteiger partial charge in [-0.25, -0.2) is 0 Å². The number of ether oxygens (including phenoxy) is 1. The van der Waals surface area contributed by atoms with Gasteiger partial charge in [0.25, 0.3) is 0 Å². The molecular formula is C11H18N4O. The van der Waals surface area contributed by atoms with Gasteiger partial charge in [-0.3, -0.25) is 5.41 Å². The summed E-state index contributed by atoms with van der Waals surface area (Å²) in [5.41, 5.74) is 7.35. The monoisotopic (exact) mass is 222 g/mol. The average molecular weight is 222 g/mol. The van der Waals surface area contributed by atoms with Crippen molar-refractivity contribution < 1.29 is 4.74 Å². The first kappa shape index (κ1) is 12.3. The molecule has 0 heterocycles. The van der Waals surface area contributed by atoms with E-state index in [2.05, 4.69) is 10.6 Å². The highest BCUT2D eigenvalue weighted by Gasteiger charge is 1.94. The van der Waals surface area contributed by atoms with Crippen LogP contribution in [0.1, 0.15) is 5.56 Å². The summed E-state index contributed by atoms with van der Waals surface area (Å²) in [7, 11) is 1.68. The van der Waals surface area contributed by atoms with Crippen LogP contribution < -0.4 is 16.4 Å². The molecule has 0 atom stereocenters. The number of methoxy groups -OCH3 is 1. The molecule has 16 heavy (non-hydrogen) atoms. The minimum atomic E-state index is -0.0118. The Morgan fingerprint density at radius 3 is 2.62 bits per heavy atom. The fourth-order valence-electron chi connectivity index (χ4n) is 1.24. The summed E-state index contributed by atoms with van der Waals surface area (Å²) in [6.07, 6.45) is 0. The summed E-state index contributed by atoms with van der Waals surface area (Å²) >= 11 is 0. The summed E-state index contributed by atoms with van der Waals surface area (Å²) in [6.45, 7) is 2.06. The van der Waals surface area contributed by atoms with E-state index in [4.69, 9.17) is 15.9 Å². The third-order valence-corrected chi connectivity index (χ3v) is 2.07. The molecule has 1 aromatic carbocycles. The van der Waals surface area contributed by atoms with E-state index in [9.17, 15) is 0 Å². The zero-order valence-electron chi connectivity index (χ0n) is 9.42. The maximum Gasteiger partial charge on any atom is 0.185 e. The van der Waals surface area contributed by atoms with Crippen LogP contribution in [0.5, 0.6) is 0 Å². The highest BCUT2D eigenvalue weighted by atomic mass is 16.5. The van der Waals surface area contributed by atoms with Gasteiger partial charge in [-0.2, -0.15) is 0 Å². The Kier molecular flexibility index (Phi) is 5.15. The van der Waals surface area contributed by atoms with Crippen molar-refractivity contribution in [1.82, 2.24) is 5.32 Å². The van der Waals surface area contributed by atoms with Crippen LogP contribution in [-0.4, -0.2) is 26.2 Å². The molecule has 0 saturated carbocycles. The molecule has 1 rings (SSSR count). The summed E-state index contributed by atoms with van der Waals surface area (Å²) in [6, 6.07) is 7.97. The number of anilines is 1. The van der Waals surface area contributed by atoms with E-state index in [1.165, 1.54) is 0 Å². The van der Waals surface area contributed by atoms with Gasteiger partial charge in [-0.15, -0.1) is 0 Å². The Morgan fingerprint density at radius 1 is 1.38 bits per heavy atom. The molecule has 0 bridgehead atoms. The minimum Gasteiger partial charge on any atom is -0.383 e. The third kappa shape index (κ3) is 4.65. The number of rotatable bonds is 6. The van der Waals surface area contributed by atoms with E-state index in [-0.39, 0.29) is 5.96 Å². The molecule has 0 aromatic heterocycles. The molecule has 5 nitrogen and oxygen atoms in total. The highest BCUT2D eigenvalue weighted by Crippen LogP contribution is 2.08. The standard InChI is InChI=1S/C11H18N4O/c1-16-7-6-14-10-4-2-9(3-5-10)8-15-11(12)13/h2-5,14H,6-8H2,1H3,(H4,12,13,15). The van der Waals surface area contributed by atoms with E-state index in [0.29, 0.717) is 13.2 Å². The van der Waals surface area contributed by atoms with Crippen molar-refractivity contribution in [2.45, 2.75) is 6.54 Å². The van der Waals surface area contributed by atoms with Gasteiger partial charge in [0.2, 0.25) is 0 Å². The topological polar surface area (TPSA) is 83.2 Å². The Labute approximate surface area is 95.5 Å². The van der Waals surface area contributed by atoms with Crippen LogP contribution in [0.2, 0.25) is 0 Å². The number of hydrogen-bond donors (Lipinski definition) is 4. The Morgan fingerprint density at radius 2 is 2.06 bits per heavy atom. The molecule has 0 aliphatic heterocycles. The van der Waals surface area contributed by atoms with E-state index in [1.807, 2.05) is 24.3 Å². The van der Waals surface area contributed by atoms with Gasteiger partial charge in [-0.1, -0.05) is 12.1 Å². The van der Waals surface area contributed by atoms with E-state index < -0.39 is 0 Å². The molecule has 0 saturated heterocycles. The lowest BCUT2D eigenvalue weighted by Crippen LogP contribution is -2.29. The first-order chi connectivity index (χ1) is 7.72. The third-order valence-electron chi connectivity index (χ3n) is 2.07. The lowest BCUT2D eigenvalue weighted by molar-refractivity contribution is 0.211. The van der Waals surface area contributed by atoms with Gasteiger partial charge in [-0.05, 0) is 17.7 Å². The van der Waals surface area contributed by atoms with Crippen LogP contribution in [-0.2, 0) is 11.3 Å². The van der Waals surface area contributed by atoms with Crippen LogP contribution >= 0.6 is 0 Å². The lowest BCUT2D eigenvalue weighted by atomic mass is 10.2. The average Bonchev–Trinajstić information content (AvgIpc) is 2.28. The fraction of sp³-hybridized carbons (Fsp3) is 0.364. The van der Waals surface area contributed by atoms with Gasteiger partial charge >= 0.3 is 0 Å².